The fraction of sp³-hybridized carbons (Fsp3) is 0.250. The zero-order valence-corrected chi connectivity index (χ0v) is 18.8. The van der Waals surface area contributed by atoms with Gasteiger partial charge in [-0.05, 0) is 35.2 Å². The van der Waals surface area contributed by atoms with Crippen molar-refractivity contribution in [1.82, 2.24) is 0 Å². The van der Waals surface area contributed by atoms with Crippen LogP contribution in [0.1, 0.15) is 25.0 Å². The molecule has 0 N–H and O–H groups in total. The van der Waals surface area contributed by atoms with Crippen LogP contribution in [0, 0.1) is 6.92 Å². The Morgan fingerprint density at radius 3 is 1.96 bits per heavy atom. The third-order valence-corrected chi connectivity index (χ3v) is 8.65. The van der Waals surface area contributed by atoms with E-state index in [1.165, 1.54) is 21.5 Å². The lowest BCUT2D eigenvalue weighted by Gasteiger charge is -2.33. The second-order valence-electron chi connectivity index (χ2n) is 7.55. The molecule has 0 aromatic heterocycles. The first-order chi connectivity index (χ1) is 13.0. The van der Waals surface area contributed by atoms with E-state index in [9.17, 15) is 0 Å². The molecule has 0 saturated heterocycles. The fourth-order valence-corrected chi connectivity index (χ4v) is 7.04. The highest BCUT2D eigenvalue weighted by Crippen LogP contribution is 2.29. The highest BCUT2D eigenvalue weighted by Gasteiger charge is 2.34. The maximum absolute atomic E-state index is 6.25. The van der Waals surface area contributed by atoms with Crippen molar-refractivity contribution in [3.63, 3.8) is 0 Å². The van der Waals surface area contributed by atoms with Crippen LogP contribution in [0.15, 0.2) is 83.3 Å². The topological polar surface area (TPSA) is 9.23 Å². The SMILES string of the molecule is Cc1ccc(Br)cc1COCC(C)(C)[Si](c1ccccc1)c1ccccc1. The molecule has 0 aliphatic carbocycles. The Labute approximate surface area is 173 Å². The van der Waals surface area contributed by atoms with Crippen LogP contribution in [0.3, 0.4) is 0 Å². The van der Waals surface area contributed by atoms with Crippen molar-refractivity contribution in [2.75, 3.05) is 6.61 Å². The predicted octanol–water partition coefficient (Wildman–Crippen LogP) is 5.36. The van der Waals surface area contributed by atoms with Gasteiger partial charge >= 0.3 is 0 Å². The highest BCUT2D eigenvalue weighted by molar-refractivity contribution is 9.10. The minimum atomic E-state index is -0.982. The number of benzene rings is 3. The summed E-state index contributed by atoms with van der Waals surface area (Å²) in [6.07, 6.45) is 0. The number of halogens is 1. The van der Waals surface area contributed by atoms with E-state index in [-0.39, 0.29) is 5.04 Å². The minimum Gasteiger partial charge on any atom is -0.376 e. The van der Waals surface area contributed by atoms with Crippen LogP contribution < -0.4 is 10.4 Å². The number of aryl methyl sites for hydroxylation is 1. The number of ether oxygens (including phenoxy) is 1. The number of hydrogen-bond donors (Lipinski definition) is 0. The van der Waals surface area contributed by atoms with Crippen molar-refractivity contribution >= 4 is 35.1 Å². The van der Waals surface area contributed by atoms with Crippen molar-refractivity contribution in [1.29, 1.82) is 0 Å². The fourth-order valence-electron chi connectivity index (χ4n) is 3.44. The van der Waals surface area contributed by atoms with E-state index in [2.05, 4.69) is 116 Å². The van der Waals surface area contributed by atoms with E-state index in [4.69, 9.17) is 4.74 Å². The van der Waals surface area contributed by atoms with Gasteiger partial charge in [0.25, 0.3) is 0 Å². The van der Waals surface area contributed by atoms with Crippen LogP contribution >= 0.6 is 15.9 Å². The Bertz CT molecular complexity index is 823. The van der Waals surface area contributed by atoms with Gasteiger partial charge in [0.15, 0.2) is 0 Å². The molecule has 0 spiro atoms. The van der Waals surface area contributed by atoms with Gasteiger partial charge in [-0.3, -0.25) is 0 Å². The normalized spacial score (nSPS) is 11.7. The Kier molecular flexibility index (Phi) is 6.69. The van der Waals surface area contributed by atoms with Gasteiger partial charge in [0.2, 0.25) is 0 Å². The van der Waals surface area contributed by atoms with E-state index in [1.54, 1.807) is 0 Å². The van der Waals surface area contributed by atoms with Crippen molar-refractivity contribution in [2.45, 2.75) is 32.4 Å². The Hall–Kier alpha value is -1.68. The van der Waals surface area contributed by atoms with Crippen molar-refractivity contribution < 1.29 is 4.74 Å². The largest absolute Gasteiger partial charge is 0.376 e. The van der Waals surface area contributed by atoms with Crippen LogP contribution in [0.25, 0.3) is 0 Å². The molecule has 0 aliphatic rings. The van der Waals surface area contributed by atoms with E-state index in [0.29, 0.717) is 6.61 Å². The summed E-state index contributed by atoms with van der Waals surface area (Å²) in [5.41, 5.74) is 2.51. The smallest absolute Gasteiger partial charge is 0.129 e. The first-order valence-corrected chi connectivity index (χ1v) is 11.6. The van der Waals surface area contributed by atoms with Crippen molar-refractivity contribution in [2.24, 2.45) is 0 Å². The van der Waals surface area contributed by atoms with E-state index in [1.807, 2.05) is 0 Å². The summed E-state index contributed by atoms with van der Waals surface area (Å²) in [5.74, 6) is 0. The molecule has 0 bridgehead atoms. The van der Waals surface area contributed by atoms with Gasteiger partial charge in [0.1, 0.15) is 8.80 Å². The molecular formula is C24H26BrOSi. The van der Waals surface area contributed by atoms with Crippen LogP contribution in [0.2, 0.25) is 5.04 Å². The van der Waals surface area contributed by atoms with E-state index < -0.39 is 8.80 Å². The highest BCUT2D eigenvalue weighted by atomic mass is 79.9. The Balaban J connectivity index is 1.80. The summed E-state index contributed by atoms with van der Waals surface area (Å²) in [7, 11) is -0.982. The van der Waals surface area contributed by atoms with Crippen molar-refractivity contribution in [3.8, 4) is 0 Å². The summed E-state index contributed by atoms with van der Waals surface area (Å²) in [6.45, 7) is 8.20. The molecule has 3 aromatic carbocycles. The molecule has 0 atom stereocenters. The third kappa shape index (κ3) is 5.19. The summed E-state index contributed by atoms with van der Waals surface area (Å²) >= 11 is 3.56. The Morgan fingerprint density at radius 1 is 0.852 bits per heavy atom. The molecule has 1 radical (unpaired) electrons. The zero-order chi connectivity index (χ0) is 19.3. The molecule has 0 fully saturated rings. The van der Waals surface area contributed by atoms with Crippen LogP contribution in [-0.4, -0.2) is 15.4 Å². The summed E-state index contributed by atoms with van der Waals surface area (Å²) in [4.78, 5) is 0. The second-order valence-corrected chi connectivity index (χ2v) is 11.7. The molecule has 0 heterocycles. The molecule has 3 heteroatoms. The molecule has 0 aliphatic heterocycles. The van der Waals surface area contributed by atoms with Gasteiger partial charge in [-0.15, -0.1) is 0 Å². The summed E-state index contributed by atoms with van der Waals surface area (Å²) < 4.78 is 7.35. The molecule has 3 aromatic rings. The van der Waals surface area contributed by atoms with Gasteiger partial charge in [-0.2, -0.15) is 0 Å². The van der Waals surface area contributed by atoms with Crippen LogP contribution in [-0.2, 0) is 11.3 Å². The third-order valence-electron chi connectivity index (χ3n) is 4.83. The monoisotopic (exact) mass is 437 g/mol. The molecule has 1 nitrogen and oxygen atoms in total. The zero-order valence-electron chi connectivity index (χ0n) is 16.2. The lowest BCUT2D eigenvalue weighted by Crippen LogP contribution is -2.51. The van der Waals surface area contributed by atoms with E-state index >= 15 is 0 Å². The molecule has 139 valence electrons. The lowest BCUT2D eigenvalue weighted by molar-refractivity contribution is 0.101. The standard InChI is InChI=1S/C24H26BrOSi/c1-19-14-15-21(25)16-20(19)17-26-18-24(2,3)27(22-10-6-4-7-11-22)23-12-8-5-9-13-23/h4-16H,17-18H2,1-3H3. The summed E-state index contributed by atoms with van der Waals surface area (Å²) in [5, 5.41) is 2.93. The molecule has 27 heavy (non-hydrogen) atoms. The van der Waals surface area contributed by atoms with Gasteiger partial charge in [-0.25, -0.2) is 0 Å². The second kappa shape index (κ2) is 9.00. The predicted molar refractivity (Wildman–Crippen MR) is 120 cm³/mol. The summed E-state index contributed by atoms with van der Waals surface area (Å²) in [6, 6.07) is 28.2. The van der Waals surface area contributed by atoms with Gasteiger partial charge < -0.3 is 4.74 Å². The lowest BCUT2D eigenvalue weighted by atomic mass is 10.1. The first kappa shape index (κ1) is 20.1. The number of hydrogen-bond acceptors (Lipinski definition) is 1. The number of rotatable bonds is 7. The maximum atomic E-state index is 6.25. The van der Waals surface area contributed by atoms with E-state index in [0.717, 1.165) is 11.1 Å². The first-order valence-electron chi connectivity index (χ1n) is 9.28. The van der Waals surface area contributed by atoms with Gasteiger partial charge in [0, 0.05) is 4.47 Å². The molecule has 0 unspecified atom stereocenters. The van der Waals surface area contributed by atoms with Crippen LogP contribution in [0.4, 0.5) is 0 Å². The van der Waals surface area contributed by atoms with Gasteiger partial charge in [0.05, 0.1) is 13.2 Å². The average molecular weight is 438 g/mol. The minimum absolute atomic E-state index is 0.0628. The van der Waals surface area contributed by atoms with Crippen molar-refractivity contribution in [3.05, 3.63) is 94.5 Å². The maximum Gasteiger partial charge on any atom is 0.129 e. The van der Waals surface area contributed by atoms with Gasteiger partial charge in [-0.1, -0.05) is 107 Å². The quantitative estimate of drug-likeness (QED) is 0.451. The molecule has 0 amide bonds. The molecule has 3 rings (SSSR count). The average Bonchev–Trinajstić information content (AvgIpc) is 2.66. The Morgan fingerprint density at radius 2 is 1.41 bits per heavy atom. The molecular weight excluding hydrogens is 412 g/mol. The molecule has 0 saturated carbocycles. The van der Waals surface area contributed by atoms with Crippen LogP contribution in [0.5, 0.6) is 0 Å².